The van der Waals surface area contributed by atoms with Gasteiger partial charge in [0.2, 0.25) is 0 Å². The lowest BCUT2D eigenvalue weighted by Gasteiger charge is -2.45. The van der Waals surface area contributed by atoms with Gasteiger partial charge in [-0.1, -0.05) is 19.8 Å². The molecule has 0 radical (unpaired) electrons. The summed E-state index contributed by atoms with van der Waals surface area (Å²) in [6, 6.07) is 3.85. The van der Waals surface area contributed by atoms with Gasteiger partial charge < -0.3 is 35.5 Å². The van der Waals surface area contributed by atoms with E-state index < -0.39 is 65.1 Å². The molecule has 0 bridgehead atoms. The Labute approximate surface area is 261 Å². The van der Waals surface area contributed by atoms with E-state index in [0.717, 1.165) is 24.6 Å². The molecular weight excluding hydrogens is 637 g/mol. The monoisotopic (exact) mass is 704 g/mol. The van der Waals surface area contributed by atoms with Crippen LogP contribution in [0.5, 0.6) is 0 Å². The Morgan fingerprint density at radius 2 is 1.07 bits per heavy atom. The van der Waals surface area contributed by atoms with Crippen molar-refractivity contribution in [1.29, 1.82) is 0 Å². The predicted octanol–water partition coefficient (Wildman–Crippen LogP) is 7.56. The van der Waals surface area contributed by atoms with Crippen LogP contribution in [0.2, 0.25) is 116 Å². The van der Waals surface area contributed by atoms with Gasteiger partial charge >= 0.3 is 25.7 Å². The van der Waals surface area contributed by atoms with Crippen molar-refractivity contribution in [2.75, 3.05) is 19.8 Å². The van der Waals surface area contributed by atoms with Crippen LogP contribution >= 0.6 is 0 Å². The molecule has 0 amide bonds. The minimum absolute atomic E-state index is 0.130. The Bertz CT molecular complexity index is 746. The Hall–Kier alpha value is 1.20. The lowest BCUT2D eigenvalue weighted by molar-refractivity contribution is 0.00623. The van der Waals surface area contributed by atoms with Gasteiger partial charge in [-0.3, -0.25) is 0 Å². The van der Waals surface area contributed by atoms with Crippen molar-refractivity contribution in [3.63, 3.8) is 0 Å². The Morgan fingerprint density at radius 1 is 0.561 bits per heavy atom. The highest BCUT2D eigenvalue weighted by molar-refractivity contribution is 6.92. The zero-order valence-electron chi connectivity index (χ0n) is 29.5. The zero-order valence-corrected chi connectivity index (χ0v) is 36.5. The van der Waals surface area contributed by atoms with Crippen LogP contribution in [0.3, 0.4) is 0 Å². The third-order valence-electron chi connectivity index (χ3n) is 6.27. The van der Waals surface area contributed by atoms with Crippen molar-refractivity contribution in [3.05, 3.63) is 0 Å². The van der Waals surface area contributed by atoms with Crippen LogP contribution in [0.15, 0.2) is 0 Å². The summed E-state index contributed by atoms with van der Waals surface area (Å²) in [5.74, 6) is 0. The van der Waals surface area contributed by atoms with Gasteiger partial charge in [-0.2, -0.15) is 0 Å². The van der Waals surface area contributed by atoms with Crippen LogP contribution in [0.4, 0.5) is 0 Å². The number of unbranched alkanes of at least 4 members (excludes halogenated alkanes) is 1. The summed E-state index contributed by atoms with van der Waals surface area (Å²) in [5.41, 5.74) is 0. The van der Waals surface area contributed by atoms with Crippen LogP contribution in [0.1, 0.15) is 26.2 Å². The molecule has 0 heterocycles. The second-order valence-corrected chi connectivity index (χ2v) is 44.4. The average molecular weight is 705 g/mol. The average Bonchev–Trinajstić information content (AvgIpc) is 2.71. The zero-order chi connectivity index (χ0) is 32.4. The molecule has 0 rings (SSSR count). The van der Waals surface area contributed by atoms with Crippen molar-refractivity contribution < 1.29 is 35.5 Å². The van der Waals surface area contributed by atoms with Crippen LogP contribution < -0.4 is 0 Å². The van der Waals surface area contributed by atoms with E-state index >= 15 is 0 Å². The van der Waals surface area contributed by atoms with Crippen molar-refractivity contribution >= 4 is 59.0 Å². The third kappa shape index (κ3) is 21.5. The molecule has 15 heteroatoms. The normalized spacial score (nSPS) is 17.8. The molecule has 0 aromatic carbocycles. The first-order valence-electron chi connectivity index (χ1n) is 15.6. The molecule has 0 aromatic rings. The smallest absolute Gasteiger partial charge is 0.317 e. The van der Waals surface area contributed by atoms with Crippen LogP contribution in [-0.2, 0) is 25.3 Å². The Morgan fingerprint density at radius 3 is 1.56 bits per heavy atom. The van der Waals surface area contributed by atoms with Crippen LogP contribution in [0, 0.1) is 0 Å². The van der Waals surface area contributed by atoms with Crippen molar-refractivity contribution in [2.24, 2.45) is 0 Å². The fourth-order valence-corrected chi connectivity index (χ4v) is 40.5. The second-order valence-electron chi connectivity index (χ2n) is 15.5. The first kappa shape index (κ1) is 42.2. The highest BCUT2D eigenvalue weighted by Crippen LogP contribution is 2.34. The largest absolute Gasteiger partial charge is 0.456 e. The van der Waals surface area contributed by atoms with Gasteiger partial charge in [-0.25, -0.2) is 0 Å². The van der Waals surface area contributed by atoms with E-state index in [1.807, 2.05) is 0 Å². The first-order valence-corrected chi connectivity index (χ1v) is 36.5. The summed E-state index contributed by atoms with van der Waals surface area (Å²) in [5, 5.41) is 18.7. The van der Waals surface area contributed by atoms with Gasteiger partial charge in [0, 0.05) is 6.61 Å². The lowest BCUT2D eigenvalue weighted by atomic mass is 10.4. The highest BCUT2D eigenvalue weighted by Gasteiger charge is 2.50. The molecule has 41 heavy (non-hydrogen) atoms. The van der Waals surface area contributed by atoms with Gasteiger partial charge in [-0.15, -0.1) is 0 Å². The molecule has 3 atom stereocenters. The summed E-state index contributed by atoms with van der Waals surface area (Å²) in [4.78, 5) is 0. The number of aliphatic hydroxyl groups excluding tert-OH is 2. The summed E-state index contributed by atoms with van der Waals surface area (Å²) in [6.07, 6.45) is 2.36. The number of rotatable bonds is 23. The van der Waals surface area contributed by atoms with Crippen LogP contribution in [-0.4, -0.2) is 95.1 Å². The van der Waals surface area contributed by atoms with Crippen LogP contribution in [0.25, 0.3) is 0 Å². The van der Waals surface area contributed by atoms with E-state index in [9.17, 15) is 5.11 Å². The molecule has 0 aromatic heterocycles. The summed E-state index contributed by atoms with van der Waals surface area (Å²) >= 11 is 0. The fraction of sp³-hybridized carbons (Fsp3) is 1.00. The third-order valence-corrected chi connectivity index (χ3v) is 32.4. The topological polar surface area (TPSA) is 95.8 Å². The van der Waals surface area contributed by atoms with E-state index in [1.165, 1.54) is 18.9 Å². The number of hydrogen-bond donors (Lipinski definition) is 2. The predicted molar refractivity (Wildman–Crippen MR) is 190 cm³/mol. The molecule has 0 fully saturated rings. The number of hydrogen-bond acceptors (Lipinski definition) is 8. The molecule has 0 saturated heterocycles. The van der Waals surface area contributed by atoms with Crippen molar-refractivity contribution in [1.82, 2.24) is 0 Å². The lowest BCUT2D eigenvalue weighted by Crippen LogP contribution is -2.60. The quantitative estimate of drug-likeness (QED) is 0.0832. The molecule has 2 N–H and O–H groups in total. The van der Waals surface area contributed by atoms with Gasteiger partial charge in [0.15, 0.2) is 33.3 Å². The summed E-state index contributed by atoms with van der Waals surface area (Å²) in [6.45, 7) is 34.1. The Kier molecular flexibility index (Phi) is 17.7. The highest BCUT2D eigenvalue weighted by atomic mass is 28.5. The van der Waals surface area contributed by atoms with Gasteiger partial charge in [0.25, 0.3) is 0 Å². The maximum absolute atomic E-state index is 9.62. The second kappa shape index (κ2) is 17.2. The molecule has 3 unspecified atom stereocenters. The van der Waals surface area contributed by atoms with Gasteiger partial charge in [-0.05, 0) is 122 Å². The standard InChI is InChI=1S/C26H68O8Si7/c1-16-17-20-37(8,9)32-38(10,11)22-23-41(15,33-39(12,13)30-35(2,3)4)34-40(14,31-36(5,6)7)21-18-19-29-25-26(28)24-27/h26-28H,16-25H2,1-15H3. The molecule has 0 saturated carbocycles. The maximum atomic E-state index is 9.62. The molecule has 0 spiro atoms. The van der Waals surface area contributed by atoms with Crippen molar-refractivity contribution in [3.8, 4) is 0 Å². The molecular formula is C26H68O8Si7. The fourth-order valence-electron chi connectivity index (χ4n) is 5.38. The van der Waals surface area contributed by atoms with E-state index in [4.69, 9.17) is 30.4 Å². The Balaban J connectivity index is 6.03. The molecule has 0 aliphatic carbocycles. The maximum Gasteiger partial charge on any atom is 0.317 e. The minimum atomic E-state index is -2.75. The number of ether oxygens (including phenoxy) is 1. The molecule has 0 aliphatic rings. The first-order chi connectivity index (χ1) is 18.3. The van der Waals surface area contributed by atoms with Gasteiger partial charge in [0.05, 0.1) is 13.2 Å². The SMILES string of the molecule is CCCC[Si](C)(C)O[Si](C)(C)CC[Si](C)(O[Si](C)(C)O[Si](C)(C)C)O[Si](C)(CCCOCC(O)CO)O[Si](C)(C)C. The van der Waals surface area contributed by atoms with E-state index in [-0.39, 0.29) is 13.2 Å². The van der Waals surface area contributed by atoms with E-state index in [2.05, 4.69) is 98.6 Å². The molecule has 0 aliphatic heterocycles. The van der Waals surface area contributed by atoms with E-state index in [1.54, 1.807) is 0 Å². The summed E-state index contributed by atoms with van der Waals surface area (Å²) < 4.78 is 40.5. The van der Waals surface area contributed by atoms with E-state index in [0.29, 0.717) is 6.61 Å². The molecule has 248 valence electrons. The summed E-state index contributed by atoms with van der Waals surface area (Å²) in [7, 11) is -15.3. The van der Waals surface area contributed by atoms with Gasteiger partial charge in [0.1, 0.15) is 6.10 Å². The molecule has 8 nitrogen and oxygen atoms in total. The van der Waals surface area contributed by atoms with Crippen molar-refractivity contribution in [2.45, 2.75) is 148 Å². The number of aliphatic hydroxyl groups is 2. The minimum Gasteiger partial charge on any atom is -0.456 e.